The summed E-state index contributed by atoms with van der Waals surface area (Å²) in [5.74, 6) is -0.444. The predicted molar refractivity (Wildman–Crippen MR) is 88.4 cm³/mol. The topological polar surface area (TPSA) is 55.5 Å². The minimum atomic E-state index is -4.59. The largest absolute Gasteiger partial charge is 0.461 e. The van der Waals surface area contributed by atoms with Crippen LogP contribution in [0.25, 0.3) is 0 Å². The van der Waals surface area contributed by atoms with Gasteiger partial charge in [0.1, 0.15) is 5.75 Å². The molecule has 3 nitrogen and oxygen atoms in total. The number of halogens is 5. The van der Waals surface area contributed by atoms with E-state index in [2.05, 4.69) is 4.74 Å². The van der Waals surface area contributed by atoms with Crippen molar-refractivity contribution in [2.45, 2.75) is 31.1 Å². The van der Waals surface area contributed by atoms with E-state index >= 15 is 0 Å². The number of aliphatic hydroxyl groups is 1. The van der Waals surface area contributed by atoms with Crippen LogP contribution in [0.2, 0.25) is 0 Å². The monoisotopic (exact) mass is 379 g/mol. The molecule has 0 aliphatic carbocycles. The van der Waals surface area contributed by atoms with Crippen molar-refractivity contribution in [2.75, 3.05) is 0 Å². The normalized spacial score (nSPS) is 13.9. The Kier molecular flexibility index (Phi) is 7.66. The zero-order chi connectivity index (χ0) is 17.7. The zero-order valence-corrected chi connectivity index (χ0v) is 13.8. The van der Waals surface area contributed by atoms with Crippen molar-refractivity contribution in [3.8, 4) is 5.75 Å². The molecule has 0 unspecified atom stereocenters. The van der Waals surface area contributed by atoms with E-state index in [0.29, 0.717) is 5.56 Å². The van der Waals surface area contributed by atoms with Gasteiger partial charge in [-0.3, -0.25) is 0 Å². The van der Waals surface area contributed by atoms with Crippen molar-refractivity contribution in [3.63, 3.8) is 0 Å². The maximum absolute atomic E-state index is 13.0. The van der Waals surface area contributed by atoms with Crippen LogP contribution in [0.4, 0.5) is 17.6 Å². The Balaban J connectivity index is 0.00000312. The summed E-state index contributed by atoms with van der Waals surface area (Å²) in [6.45, 7) is 0. The lowest BCUT2D eigenvalue weighted by Gasteiger charge is -2.21. The van der Waals surface area contributed by atoms with Gasteiger partial charge in [-0.15, -0.1) is 12.4 Å². The van der Waals surface area contributed by atoms with Gasteiger partial charge in [0, 0.05) is 6.42 Å². The summed E-state index contributed by atoms with van der Waals surface area (Å²) in [6, 6.07) is 13.3. The van der Waals surface area contributed by atoms with E-state index in [1.807, 2.05) is 30.3 Å². The van der Waals surface area contributed by atoms with Crippen LogP contribution in [0.1, 0.15) is 17.2 Å². The van der Waals surface area contributed by atoms with Gasteiger partial charge < -0.3 is 15.6 Å². The van der Waals surface area contributed by atoms with E-state index < -0.39 is 30.4 Å². The number of aliphatic hydroxyl groups excluding tert-OH is 1. The first-order chi connectivity index (χ1) is 11.3. The van der Waals surface area contributed by atoms with Crippen molar-refractivity contribution in [1.29, 1.82) is 0 Å². The van der Waals surface area contributed by atoms with Gasteiger partial charge in [0.2, 0.25) is 0 Å². The van der Waals surface area contributed by atoms with Crippen molar-refractivity contribution < 1.29 is 27.4 Å². The smallest absolute Gasteiger partial charge is 0.428 e. The van der Waals surface area contributed by atoms with E-state index in [1.165, 1.54) is 12.1 Å². The Labute approximate surface area is 148 Å². The van der Waals surface area contributed by atoms with Crippen LogP contribution in [0.3, 0.4) is 0 Å². The number of benzene rings is 2. The molecule has 0 bridgehead atoms. The first kappa shape index (κ1) is 21.2. The molecule has 3 N–H and O–H groups in total. The van der Waals surface area contributed by atoms with E-state index in [0.717, 1.165) is 17.7 Å². The highest BCUT2D eigenvalue weighted by Gasteiger charge is 2.44. The van der Waals surface area contributed by atoms with Crippen molar-refractivity contribution in [2.24, 2.45) is 5.73 Å². The fourth-order valence-electron chi connectivity index (χ4n) is 2.19. The van der Waals surface area contributed by atoms with Gasteiger partial charge in [-0.05, 0) is 23.3 Å². The first-order valence-electron chi connectivity index (χ1n) is 7.22. The summed E-state index contributed by atoms with van der Waals surface area (Å²) in [5.41, 5.74) is 7.10. The number of hydrogen-bond donors (Lipinski definition) is 2. The number of nitrogens with two attached hydrogens (primary N) is 1. The van der Waals surface area contributed by atoms with E-state index in [1.54, 1.807) is 0 Å². The highest BCUT2D eigenvalue weighted by Crippen LogP contribution is 2.29. The molecule has 0 saturated carbocycles. The van der Waals surface area contributed by atoms with Crippen LogP contribution in [-0.4, -0.2) is 23.7 Å². The minimum absolute atomic E-state index is 0. The van der Waals surface area contributed by atoms with E-state index in [-0.39, 0.29) is 18.8 Å². The minimum Gasteiger partial charge on any atom is -0.428 e. The molecule has 0 amide bonds. The first-order valence-corrected chi connectivity index (χ1v) is 7.22. The Morgan fingerprint density at radius 1 is 1.04 bits per heavy atom. The second-order valence-electron chi connectivity index (χ2n) is 5.32. The SMILES string of the molecule is Cl.N[C@H](c1cccc(OC(F)(F)C(F)F)c1)[C@@H](O)Cc1ccccc1. The van der Waals surface area contributed by atoms with Crippen LogP contribution >= 0.6 is 12.4 Å². The lowest BCUT2D eigenvalue weighted by atomic mass is 9.97. The van der Waals surface area contributed by atoms with E-state index in [9.17, 15) is 22.7 Å². The average Bonchev–Trinajstić information content (AvgIpc) is 2.54. The highest BCUT2D eigenvalue weighted by atomic mass is 35.5. The highest BCUT2D eigenvalue weighted by molar-refractivity contribution is 5.85. The molecule has 0 radical (unpaired) electrons. The molecule has 138 valence electrons. The third kappa shape index (κ3) is 5.88. The van der Waals surface area contributed by atoms with Crippen LogP contribution in [-0.2, 0) is 6.42 Å². The van der Waals surface area contributed by atoms with Crippen molar-refractivity contribution >= 4 is 12.4 Å². The molecule has 25 heavy (non-hydrogen) atoms. The number of hydrogen-bond acceptors (Lipinski definition) is 3. The van der Waals surface area contributed by atoms with Crippen LogP contribution in [0.5, 0.6) is 5.75 Å². The van der Waals surface area contributed by atoms with Crippen LogP contribution in [0, 0.1) is 0 Å². The standard InChI is InChI=1S/C17H17F4NO2.ClH/c18-16(19)17(20,21)24-13-8-4-7-12(10-13)15(22)14(23)9-11-5-2-1-3-6-11;/h1-8,10,14-16,23H,9,22H2;1H/t14-,15+;/m0./s1. The van der Waals surface area contributed by atoms with Gasteiger partial charge in [-0.2, -0.15) is 17.6 Å². The molecular formula is C17H18ClF4NO2. The third-order valence-electron chi connectivity index (χ3n) is 3.45. The fraction of sp³-hybridized carbons (Fsp3) is 0.294. The Hall–Kier alpha value is -1.83. The summed E-state index contributed by atoms with van der Waals surface area (Å²) in [7, 11) is 0. The molecule has 0 spiro atoms. The van der Waals surface area contributed by atoms with E-state index in [4.69, 9.17) is 5.73 Å². The maximum atomic E-state index is 13.0. The molecule has 0 aliphatic heterocycles. The second kappa shape index (κ2) is 9.03. The molecule has 8 heteroatoms. The van der Waals surface area contributed by atoms with Crippen LogP contribution in [0.15, 0.2) is 54.6 Å². The number of rotatable bonds is 7. The molecule has 0 aromatic heterocycles. The summed E-state index contributed by atoms with van der Waals surface area (Å²) in [5, 5.41) is 10.2. The molecule has 2 aromatic carbocycles. The lowest BCUT2D eigenvalue weighted by Crippen LogP contribution is -2.33. The molecule has 2 aromatic rings. The molecule has 0 heterocycles. The van der Waals surface area contributed by atoms with Gasteiger partial charge in [0.05, 0.1) is 12.1 Å². The van der Waals surface area contributed by atoms with Crippen LogP contribution < -0.4 is 10.5 Å². The summed E-state index contributed by atoms with van der Waals surface area (Å²) in [6.07, 6.45) is -9.25. The Morgan fingerprint density at radius 2 is 1.68 bits per heavy atom. The van der Waals surface area contributed by atoms with Gasteiger partial charge in [-0.25, -0.2) is 0 Å². The maximum Gasteiger partial charge on any atom is 0.461 e. The summed E-state index contributed by atoms with van der Waals surface area (Å²) < 4.78 is 54.3. The Morgan fingerprint density at radius 3 is 2.28 bits per heavy atom. The number of ether oxygens (including phenoxy) is 1. The fourth-order valence-corrected chi connectivity index (χ4v) is 2.19. The van der Waals surface area contributed by atoms with Crippen molar-refractivity contribution in [3.05, 3.63) is 65.7 Å². The van der Waals surface area contributed by atoms with Gasteiger partial charge in [0.25, 0.3) is 0 Å². The summed E-state index contributed by atoms with van der Waals surface area (Å²) in [4.78, 5) is 0. The molecule has 2 atom stereocenters. The molecule has 0 saturated heterocycles. The lowest BCUT2D eigenvalue weighted by molar-refractivity contribution is -0.253. The quantitative estimate of drug-likeness (QED) is 0.716. The second-order valence-corrected chi connectivity index (χ2v) is 5.32. The molecule has 2 rings (SSSR count). The number of alkyl halides is 4. The zero-order valence-electron chi connectivity index (χ0n) is 13.0. The third-order valence-corrected chi connectivity index (χ3v) is 3.45. The van der Waals surface area contributed by atoms with Gasteiger partial charge in [0.15, 0.2) is 0 Å². The van der Waals surface area contributed by atoms with Crippen molar-refractivity contribution in [1.82, 2.24) is 0 Å². The Bertz CT molecular complexity index is 658. The predicted octanol–water partition coefficient (Wildman–Crippen LogP) is 3.95. The summed E-state index contributed by atoms with van der Waals surface area (Å²) >= 11 is 0. The molecular weight excluding hydrogens is 362 g/mol. The molecule has 0 aliphatic rings. The van der Waals surface area contributed by atoms with Gasteiger partial charge in [-0.1, -0.05) is 42.5 Å². The van der Waals surface area contributed by atoms with Gasteiger partial charge >= 0.3 is 12.5 Å². The average molecular weight is 380 g/mol. The molecule has 0 fully saturated rings.